The largest absolute Gasteiger partial charge is 1.00 e. The number of aryl methyl sites for hydroxylation is 2. The van der Waals surface area contributed by atoms with Crippen LogP contribution in [0.5, 0.6) is 0 Å². The van der Waals surface area contributed by atoms with Crippen LogP contribution in [0.1, 0.15) is 18.1 Å². The van der Waals surface area contributed by atoms with Gasteiger partial charge < -0.3 is 33.8 Å². The normalized spacial score (nSPS) is 15.6. The van der Waals surface area contributed by atoms with E-state index in [1.54, 1.807) is 11.3 Å². The number of nitrogens with zero attached hydrogens (tertiary/aromatic N) is 4. The highest BCUT2D eigenvalue weighted by Gasteiger charge is 2.50. The average Bonchev–Trinajstić information content (AvgIpc) is 2.76. The van der Waals surface area contributed by atoms with E-state index < -0.39 is 15.5 Å². The predicted octanol–water partition coefficient (Wildman–Crippen LogP) is 1.64. The molecule has 0 spiro atoms. The molecule has 4 rings (SSSR count). The number of aromatic nitrogens is 1. The number of alkyl halides is 3. The molecule has 2 aromatic carbocycles. The van der Waals surface area contributed by atoms with E-state index in [4.69, 9.17) is 4.98 Å². The van der Waals surface area contributed by atoms with Crippen LogP contribution in [0.2, 0.25) is 0 Å². The summed E-state index contributed by atoms with van der Waals surface area (Å²) in [4.78, 5) is 8.96. The van der Waals surface area contributed by atoms with Crippen molar-refractivity contribution in [2.45, 2.75) is 25.8 Å². The number of fused-ring (bicyclic) bond motifs is 2. The van der Waals surface area contributed by atoms with E-state index in [9.17, 15) is 21.6 Å². The fraction of sp³-hybridized carbons (Fsp3) is 0.455. The van der Waals surface area contributed by atoms with Gasteiger partial charge in [0.15, 0.2) is 0 Å². The lowest BCUT2D eigenvalue weighted by atomic mass is 10.1. The highest BCUT2D eigenvalue weighted by molar-refractivity contribution is 7.90. The fourth-order valence-corrected chi connectivity index (χ4v) is 6.19. The van der Waals surface area contributed by atoms with Crippen LogP contribution in [0.3, 0.4) is 0 Å². The Bertz CT molecular complexity index is 1330. The van der Waals surface area contributed by atoms with Crippen molar-refractivity contribution in [2.24, 2.45) is 0 Å². The van der Waals surface area contributed by atoms with Crippen LogP contribution in [0.4, 0.5) is 24.5 Å². The maximum Gasteiger partial charge on any atom is 0.511 e. The Morgan fingerprint density at radius 1 is 1.03 bits per heavy atom. The molecule has 1 aliphatic heterocycles. The summed E-state index contributed by atoms with van der Waals surface area (Å²) in [5.74, 6) is 0. The van der Waals surface area contributed by atoms with Crippen molar-refractivity contribution >= 4 is 53.2 Å². The Hall–Kier alpha value is -1.51. The predicted molar refractivity (Wildman–Crippen MR) is 129 cm³/mol. The molecule has 0 radical (unpaired) electrons. The summed E-state index contributed by atoms with van der Waals surface area (Å²) in [6.07, 6.45) is 0.867. The molecule has 34 heavy (non-hydrogen) atoms. The van der Waals surface area contributed by atoms with Crippen molar-refractivity contribution in [1.29, 1.82) is 0 Å². The molecule has 0 bridgehead atoms. The van der Waals surface area contributed by atoms with Crippen molar-refractivity contribution in [3.8, 4) is 0 Å². The zero-order valence-electron chi connectivity index (χ0n) is 19.3. The Balaban J connectivity index is 0.00000324. The van der Waals surface area contributed by atoms with Gasteiger partial charge in [0.2, 0.25) is 11.3 Å². The number of sulfonamides is 1. The number of rotatable bonds is 4. The molecular formula is C22H26F3IN4O2S2. The summed E-state index contributed by atoms with van der Waals surface area (Å²) in [5.41, 5.74) is 0.743. The topological polar surface area (TPSA) is 56.8 Å². The van der Waals surface area contributed by atoms with Gasteiger partial charge in [-0.1, -0.05) is 6.92 Å². The summed E-state index contributed by atoms with van der Waals surface area (Å²) in [5, 5.41) is 0. The zero-order valence-corrected chi connectivity index (χ0v) is 23.1. The van der Waals surface area contributed by atoms with Crippen LogP contribution >= 0.6 is 11.3 Å². The molecule has 0 N–H and O–H groups in total. The number of halogens is 4. The minimum atomic E-state index is -5.30. The van der Waals surface area contributed by atoms with E-state index in [0.717, 1.165) is 43.8 Å². The first-order valence-electron chi connectivity index (χ1n) is 10.6. The van der Waals surface area contributed by atoms with Crippen LogP contribution in [0.25, 0.3) is 20.4 Å². The lowest BCUT2D eigenvalue weighted by Gasteiger charge is -2.35. The second-order valence-corrected chi connectivity index (χ2v) is 11.4. The van der Waals surface area contributed by atoms with Gasteiger partial charge in [0.1, 0.15) is 11.0 Å². The molecule has 2 heterocycles. The minimum absolute atomic E-state index is 0. The van der Waals surface area contributed by atoms with Gasteiger partial charge >= 0.3 is 15.5 Å². The standard InChI is InChI=1S/C22H26F3N4O2S2.HI/c1-5-15-11-16(27(3)4)12-19-21(15)26-20-14(2)10-17(13-18(20)32-19)28-6-8-29(9-7-28)33(30,31)22(23,24)25;/h10-13H,5-9H2,1-4H3;1H/q+1;/p-1. The lowest BCUT2D eigenvalue weighted by molar-refractivity contribution is -0.0490. The maximum atomic E-state index is 12.9. The molecule has 1 fully saturated rings. The molecule has 6 nitrogen and oxygen atoms in total. The molecule has 1 aliphatic rings. The first-order chi connectivity index (χ1) is 15.4. The molecule has 0 aliphatic carbocycles. The van der Waals surface area contributed by atoms with E-state index in [1.165, 1.54) is 5.56 Å². The zero-order chi connectivity index (χ0) is 24.1. The maximum absolute atomic E-state index is 12.9. The van der Waals surface area contributed by atoms with Gasteiger partial charge in [-0.05, 0) is 36.6 Å². The highest BCUT2D eigenvalue weighted by atomic mass is 127. The highest BCUT2D eigenvalue weighted by Crippen LogP contribution is 2.35. The van der Waals surface area contributed by atoms with Crippen molar-refractivity contribution in [3.63, 3.8) is 0 Å². The molecule has 1 aromatic heterocycles. The molecule has 0 unspecified atom stereocenters. The molecule has 3 aromatic rings. The van der Waals surface area contributed by atoms with Gasteiger partial charge in [-0.25, -0.2) is 13.4 Å². The minimum Gasteiger partial charge on any atom is -1.00 e. The molecule has 0 amide bonds. The molecule has 0 atom stereocenters. The molecule has 12 heteroatoms. The van der Waals surface area contributed by atoms with Crippen molar-refractivity contribution < 1.29 is 45.6 Å². The first kappa shape index (κ1) is 27.1. The third kappa shape index (κ3) is 4.91. The summed E-state index contributed by atoms with van der Waals surface area (Å²) in [6, 6.07) is 8.25. The van der Waals surface area contributed by atoms with Crippen LogP contribution < -0.4 is 33.8 Å². The molecular weight excluding hydrogens is 600 g/mol. The SMILES string of the molecule is CCc1cc(N(C)C)cc2[s+]c3cc(N4CCN(S(=O)(=O)C(F)(F)F)CC4)cc(C)c3nc12.[I-]. The third-order valence-corrected chi connectivity index (χ3v) is 8.66. The van der Waals surface area contributed by atoms with Crippen molar-refractivity contribution in [1.82, 2.24) is 9.29 Å². The Morgan fingerprint density at radius 2 is 1.65 bits per heavy atom. The molecule has 0 saturated carbocycles. The van der Waals surface area contributed by atoms with E-state index in [2.05, 4.69) is 24.0 Å². The van der Waals surface area contributed by atoms with Crippen LogP contribution in [-0.2, 0) is 16.4 Å². The van der Waals surface area contributed by atoms with Gasteiger partial charge in [0, 0.05) is 63.8 Å². The number of benzene rings is 2. The van der Waals surface area contributed by atoms with Gasteiger partial charge in [-0.2, -0.15) is 17.5 Å². The van der Waals surface area contributed by atoms with Gasteiger partial charge in [0.25, 0.3) is 9.40 Å². The monoisotopic (exact) mass is 626 g/mol. The van der Waals surface area contributed by atoms with E-state index in [1.807, 2.05) is 38.1 Å². The number of hydrogen-bond donors (Lipinski definition) is 0. The van der Waals surface area contributed by atoms with Crippen LogP contribution in [0, 0.1) is 6.92 Å². The number of piperazine rings is 1. The Morgan fingerprint density at radius 3 is 2.21 bits per heavy atom. The van der Waals surface area contributed by atoms with Crippen LogP contribution in [0.15, 0.2) is 24.3 Å². The summed E-state index contributed by atoms with van der Waals surface area (Å²) in [6.45, 7) is 4.06. The Labute approximate surface area is 218 Å². The number of anilines is 2. The van der Waals surface area contributed by atoms with Crippen molar-refractivity contribution in [2.75, 3.05) is 50.1 Å². The smallest absolute Gasteiger partial charge is 0.511 e. The second-order valence-electron chi connectivity index (χ2n) is 8.36. The average molecular weight is 627 g/mol. The second kappa shape index (κ2) is 9.86. The summed E-state index contributed by atoms with van der Waals surface area (Å²) >= 11 is 1.64. The third-order valence-electron chi connectivity index (χ3n) is 5.97. The quantitative estimate of drug-likeness (QED) is 0.251. The molecule has 186 valence electrons. The summed E-state index contributed by atoms with van der Waals surface area (Å²) in [7, 11) is -1.29. The van der Waals surface area contributed by atoms with Gasteiger partial charge in [-0.15, -0.1) is 0 Å². The van der Waals surface area contributed by atoms with E-state index in [-0.39, 0.29) is 50.2 Å². The lowest BCUT2D eigenvalue weighted by Crippen LogP contribution is -3.00. The van der Waals surface area contributed by atoms with Gasteiger partial charge in [0.05, 0.1) is 0 Å². The fourth-order valence-electron chi connectivity index (χ4n) is 4.08. The first-order valence-corrected chi connectivity index (χ1v) is 12.9. The van der Waals surface area contributed by atoms with Gasteiger partial charge in [-0.3, -0.25) is 0 Å². The summed E-state index contributed by atoms with van der Waals surface area (Å²) < 4.78 is 64.6. The van der Waals surface area contributed by atoms with E-state index in [0.29, 0.717) is 4.31 Å². The van der Waals surface area contributed by atoms with Crippen molar-refractivity contribution in [3.05, 3.63) is 35.4 Å². The number of hydrogen-bond acceptors (Lipinski definition) is 5. The van der Waals surface area contributed by atoms with Crippen LogP contribution in [-0.4, -0.2) is 63.5 Å². The van der Waals surface area contributed by atoms with E-state index >= 15 is 0 Å². The Kier molecular flexibility index (Phi) is 7.85. The molecule has 1 saturated heterocycles.